The van der Waals surface area contributed by atoms with Gasteiger partial charge in [-0.2, -0.15) is 0 Å². The zero-order valence-corrected chi connectivity index (χ0v) is 4.57. The van der Waals surface area contributed by atoms with E-state index in [1.54, 1.807) is 0 Å². The van der Waals surface area contributed by atoms with E-state index < -0.39 is 0 Å². The van der Waals surface area contributed by atoms with Crippen LogP contribution in [0, 0.1) is 0 Å². The molecule has 0 saturated heterocycles. The van der Waals surface area contributed by atoms with Gasteiger partial charge in [-0.05, 0) is 6.26 Å². The molecule has 0 aliphatic carbocycles. The van der Waals surface area contributed by atoms with Crippen LogP contribution in [0.2, 0.25) is 0 Å². The fourth-order valence-corrected chi connectivity index (χ4v) is 0.487. The van der Waals surface area contributed by atoms with Crippen molar-refractivity contribution in [3.8, 4) is 0 Å². The lowest BCUT2D eigenvalue weighted by molar-refractivity contribution is 0.822. The Morgan fingerprint density at radius 1 is 1.86 bits per heavy atom. The fraction of sp³-hybridized carbons (Fsp3) is 0.500. The molecule has 0 bridgehead atoms. The van der Waals surface area contributed by atoms with E-state index in [1.807, 2.05) is 6.26 Å². The van der Waals surface area contributed by atoms with Crippen molar-refractivity contribution >= 4 is 16.9 Å². The number of nitrogens with zero attached hydrogens (tertiary/aromatic N) is 3. The zero-order valence-electron chi connectivity index (χ0n) is 3.75. The van der Waals surface area contributed by atoms with Gasteiger partial charge in [-0.3, -0.25) is 0 Å². The third-order valence-electron chi connectivity index (χ3n) is 0.519. The summed E-state index contributed by atoms with van der Waals surface area (Å²) >= 11 is 1.48. The first-order valence-electron chi connectivity index (χ1n) is 1.71. The second-order valence-electron chi connectivity index (χ2n) is 0.911. The minimum absolute atomic E-state index is 0.750. The molecule has 0 atom stereocenters. The molecule has 4 nitrogen and oxygen atoms in total. The maximum absolute atomic E-state index is 3.58. The number of amidine groups is 1. The van der Waals surface area contributed by atoms with Crippen LogP contribution in [0.1, 0.15) is 0 Å². The molecule has 7 heavy (non-hydrogen) atoms. The molecule has 1 aliphatic rings. The van der Waals surface area contributed by atoms with Crippen LogP contribution in [0.4, 0.5) is 0 Å². The molecule has 1 heterocycles. The minimum atomic E-state index is 0.750. The summed E-state index contributed by atoms with van der Waals surface area (Å²) in [5.41, 5.74) is 2.58. The number of hydrogen-bond acceptors (Lipinski definition) is 5. The lowest BCUT2D eigenvalue weighted by atomic mass is 11.3. The standard InChI is InChI=1S/C2H4N4S/c1-7-2-3-5-6-4-2/h1H3,(H,3,4,5)/q+1. The topological polar surface area (TPSA) is 50.9 Å². The van der Waals surface area contributed by atoms with Crippen molar-refractivity contribution < 1.29 is 0 Å². The smallest absolute Gasteiger partial charge is 0.113 e. The van der Waals surface area contributed by atoms with Crippen LogP contribution in [0.3, 0.4) is 0 Å². The molecular formula is C2H4N4S+. The molecule has 1 rings (SSSR count). The SMILES string of the molecule is CSC1=NN=[N+]N1. The highest BCUT2D eigenvalue weighted by Gasteiger charge is 2.10. The largest absolute Gasteiger partial charge is 0.344 e. The van der Waals surface area contributed by atoms with Crippen LogP contribution in [0.15, 0.2) is 10.3 Å². The average Bonchev–Trinajstić information content (AvgIpc) is 2.14. The maximum Gasteiger partial charge on any atom is 0.344 e. The van der Waals surface area contributed by atoms with Gasteiger partial charge in [0.25, 0.3) is 0 Å². The van der Waals surface area contributed by atoms with Gasteiger partial charge in [-0.15, -0.1) is 5.43 Å². The Labute approximate surface area is 45.1 Å². The van der Waals surface area contributed by atoms with Crippen LogP contribution in [-0.2, 0) is 0 Å². The summed E-state index contributed by atoms with van der Waals surface area (Å²) in [6.45, 7) is 0. The van der Waals surface area contributed by atoms with Crippen LogP contribution in [0.5, 0.6) is 0 Å². The minimum Gasteiger partial charge on any atom is -0.113 e. The summed E-state index contributed by atoms with van der Waals surface area (Å²) < 4.78 is 0. The van der Waals surface area contributed by atoms with Gasteiger partial charge in [0.05, 0.1) is 0 Å². The van der Waals surface area contributed by atoms with Crippen LogP contribution in [-0.4, -0.2) is 11.4 Å². The van der Waals surface area contributed by atoms with Gasteiger partial charge >= 0.3 is 5.17 Å². The van der Waals surface area contributed by atoms with E-state index in [0.717, 1.165) is 5.17 Å². The molecule has 5 heteroatoms. The molecule has 0 aromatic rings. The van der Waals surface area contributed by atoms with Gasteiger partial charge in [0.2, 0.25) is 5.22 Å². The second kappa shape index (κ2) is 1.92. The summed E-state index contributed by atoms with van der Waals surface area (Å²) in [4.78, 5) is 0. The van der Waals surface area contributed by atoms with E-state index in [9.17, 15) is 0 Å². The molecule has 0 unspecified atom stereocenters. The van der Waals surface area contributed by atoms with Crippen LogP contribution < -0.4 is 10.6 Å². The first kappa shape index (κ1) is 4.58. The first-order chi connectivity index (χ1) is 3.43. The summed E-state index contributed by atoms with van der Waals surface area (Å²) in [5, 5.41) is 11.0. The van der Waals surface area contributed by atoms with Crippen molar-refractivity contribution in [2.45, 2.75) is 0 Å². The molecule has 37 valence electrons. The predicted molar refractivity (Wildman–Crippen MR) is 28.6 cm³/mol. The van der Waals surface area contributed by atoms with Gasteiger partial charge in [0, 0.05) is 0 Å². The number of thioether (sulfide) groups is 1. The van der Waals surface area contributed by atoms with E-state index in [1.165, 1.54) is 11.8 Å². The molecule has 0 spiro atoms. The summed E-state index contributed by atoms with van der Waals surface area (Å²) in [6, 6.07) is 0. The average molecular weight is 116 g/mol. The second-order valence-corrected chi connectivity index (χ2v) is 1.71. The van der Waals surface area contributed by atoms with Gasteiger partial charge in [0.15, 0.2) is 5.22 Å². The van der Waals surface area contributed by atoms with E-state index in [2.05, 4.69) is 21.0 Å². The Hall–Kier alpha value is -0.580. The molecule has 0 fully saturated rings. The van der Waals surface area contributed by atoms with E-state index >= 15 is 0 Å². The summed E-state index contributed by atoms with van der Waals surface area (Å²) in [5.74, 6) is 0. The van der Waals surface area contributed by atoms with Crippen molar-refractivity contribution in [1.29, 1.82) is 0 Å². The van der Waals surface area contributed by atoms with Gasteiger partial charge < -0.3 is 0 Å². The Morgan fingerprint density at radius 2 is 2.71 bits per heavy atom. The number of hydrogen-bond donors (Lipinski definition) is 1. The lowest BCUT2D eigenvalue weighted by Crippen LogP contribution is -2.15. The summed E-state index contributed by atoms with van der Waals surface area (Å²) in [7, 11) is 0. The fourth-order valence-electron chi connectivity index (χ4n) is 0.237. The highest BCUT2D eigenvalue weighted by Crippen LogP contribution is 1.95. The molecule has 0 saturated carbocycles. The normalized spacial score (nSPS) is 16.4. The molecule has 0 aromatic heterocycles. The van der Waals surface area contributed by atoms with E-state index in [-0.39, 0.29) is 0 Å². The van der Waals surface area contributed by atoms with Crippen molar-refractivity contribution in [2.75, 3.05) is 6.26 Å². The highest BCUT2D eigenvalue weighted by molar-refractivity contribution is 8.13. The Balaban J connectivity index is 2.45. The predicted octanol–water partition coefficient (Wildman–Crippen LogP) is -0.0734. The summed E-state index contributed by atoms with van der Waals surface area (Å²) in [6.07, 6.45) is 1.90. The third-order valence-corrected chi connectivity index (χ3v) is 1.08. The maximum atomic E-state index is 3.58. The Morgan fingerprint density at radius 3 is 3.00 bits per heavy atom. The highest BCUT2D eigenvalue weighted by atomic mass is 32.2. The van der Waals surface area contributed by atoms with Crippen molar-refractivity contribution in [2.24, 2.45) is 10.3 Å². The first-order valence-corrected chi connectivity index (χ1v) is 2.93. The number of rotatable bonds is 0. The molecule has 1 aliphatic heterocycles. The van der Waals surface area contributed by atoms with Crippen molar-refractivity contribution in [1.82, 2.24) is 10.6 Å². The monoisotopic (exact) mass is 116 g/mol. The van der Waals surface area contributed by atoms with E-state index in [4.69, 9.17) is 0 Å². The zero-order chi connectivity index (χ0) is 5.11. The third kappa shape index (κ3) is 0.894. The van der Waals surface area contributed by atoms with Gasteiger partial charge in [0.1, 0.15) is 5.10 Å². The molecular weight excluding hydrogens is 112 g/mol. The van der Waals surface area contributed by atoms with Gasteiger partial charge in [-0.25, -0.2) is 0 Å². The molecule has 1 N–H and O–H groups in total. The molecule has 0 amide bonds. The van der Waals surface area contributed by atoms with E-state index in [0.29, 0.717) is 0 Å². The van der Waals surface area contributed by atoms with Crippen LogP contribution in [0.25, 0.3) is 0 Å². The van der Waals surface area contributed by atoms with Crippen LogP contribution >= 0.6 is 11.8 Å². The molecule has 1 radical (unpaired) electrons. The quantitative estimate of drug-likeness (QED) is 0.481. The molecule has 0 aromatic carbocycles. The van der Waals surface area contributed by atoms with Crippen molar-refractivity contribution in [3.63, 3.8) is 0 Å². The Bertz CT molecular complexity index is 117. The Kier molecular flexibility index (Phi) is 1.26. The lowest BCUT2D eigenvalue weighted by Gasteiger charge is -1.74. The number of nitrogens with one attached hydrogen (secondary N) is 1. The van der Waals surface area contributed by atoms with Crippen molar-refractivity contribution in [3.05, 3.63) is 0 Å². The van der Waals surface area contributed by atoms with Gasteiger partial charge in [-0.1, -0.05) is 11.8 Å².